The third-order valence-corrected chi connectivity index (χ3v) is 2.69. The summed E-state index contributed by atoms with van der Waals surface area (Å²) in [5, 5.41) is 0. The SMILES string of the molecule is CC(OC(=O)c1ccc(-n2cccc2)cc1)C(N)=O. The Balaban J connectivity index is 2.10. The first-order chi connectivity index (χ1) is 9.08. The Hall–Kier alpha value is -2.56. The molecule has 0 aliphatic heterocycles. The van der Waals surface area contributed by atoms with Crippen LogP contribution in [0.5, 0.6) is 0 Å². The molecule has 0 saturated heterocycles. The van der Waals surface area contributed by atoms with Crippen LogP contribution in [0.1, 0.15) is 17.3 Å². The van der Waals surface area contributed by atoms with Crippen LogP contribution < -0.4 is 5.73 Å². The van der Waals surface area contributed by atoms with E-state index in [1.165, 1.54) is 6.92 Å². The topological polar surface area (TPSA) is 74.3 Å². The second-order valence-electron chi connectivity index (χ2n) is 4.09. The molecule has 1 aromatic heterocycles. The lowest BCUT2D eigenvalue weighted by molar-refractivity contribution is -0.125. The van der Waals surface area contributed by atoms with Crippen molar-refractivity contribution in [3.05, 3.63) is 54.4 Å². The van der Waals surface area contributed by atoms with Crippen LogP contribution in [0.25, 0.3) is 5.69 Å². The molecule has 2 rings (SSSR count). The van der Waals surface area contributed by atoms with Gasteiger partial charge in [0.2, 0.25) is 0 Å². The molecule has 0 saturated carbocycles. The summed E-state index contributed by atoms with van der Waals surface area (Å²) < 4.78 is 6.83. The van der Waals surface area contributed by atoms with Crippen molar-refractivity contribution in [1.29, 1.82) is 0 Å². The van der Waals surface area contributed by atoms with E-state index in [1.54, 1.807) is 24.3 Å². The molecule has 0 bridgehead atoms. The molecule has 98 valence electrons. The highest BCUT2D eigenvalue weighted by Crippen LogP contribution is 2.11. The lowest BCUT2D eigenvalue weighted by atomic mass is 10.2. The van der Waals surface area contributed by atoms with Gasteiger partial charge in [-0.25, -0.2) is 4.79 Å². The molecule has 0 fully saturated rings. The summed E-state index contributed by atoms with van der Waals surface area (Å²) in [6.07, 6.45) is 2.88. The van der Waals surface area contributed by atoms with Crippen molar-refractivity contribution in [3.8, 4) is 5.69 Å². The van der Waals surface area contributed by atoms with Gasteiger partial charge >= 0.3 is 5.97 Å². The van der Waals surface area contributed by atoms with Gasteiger partial charge in [-0.1, -0.05) is 0 Å². The lowest BCUT2D eigenvalue weighted by Gasteiger charge is -2.10. The maximum Gasteiger partial charge on any atom is 0.338 e. The molecule has 0 aliphatic rings. The molecule has 1 heterocycles. The largest absolute Gasteiger partial charge is 0.449 e. The van der Waals surface area contributed by atoms with Gasteiger partial charge in [0.05, 0.1) is 5.56 Å². The third kappa shape index (κ3) is 3.01. The summed E-state index contributed by atoms with van der Waals surface area (Å²) in [6, 6.07) is 10.7. The Kier molecular flexibility index (Phi) is 3.66. The molecular formula is C14H14N2O3. The number of rotatable bonds is 4. The van der Waals surface area contributed by atoms with Gasteiger partial charge in [0, 0.05) is 18.1 Å². The zero-order chi connectivity index (χ0) is 13.8. The van der Waals surface area contributed by atoms with Gasteiger partial charge in [0.15, 0.2) is 6.10 Å². The number of carbonyl (C=O) groups excluding carboxylic acids is 2. The third-order valence-electron chi connectivity index (χ3n) is 2.69. The molecule has 2 aromatic rings. The molecule has 2 N–H and O–H groups in total. The van der Waals surface area contributed by atoms with Gasteiger partial charge in [-0.15, -0.1) is 0 Å². The number of carbonyl (C=O) groups is 2. The summed E-state index contributed by atoms with van der Waals surface area (Å²) in [4.78, 5) is 22.5. The highest BCUT2D eigenvalue weighted by Gasteiger charge is 2.15. The Morgan fingerprint density at radius 1 is 1.16 bits per heavy atom. The molecule has 1 atom stereocenters. The number of benzene rings is 1. The summed E-state index contributed by atoms with van der Waals surface area (Å²) in [5.41, 5.74) is 6.34. The van der Waals surface area contributed by atoms with E-state index in [2.05, 4.69) is 0 Å². The number of ether oxygens (including phenoxy) is 1. The Labute approximate surface area is 110 Å². The molecule has 0 spiro atoms. The van der Waals surface area contributed by atoms with Gasteiger partial charge in [-0.2, -0.15) is 0 Å². The van der Waals surface area contributed by atoms with Crippen LogP contribution in [0, 0.1) is 0 Å². The van der Waals surface area contributed by atoms with Crippen LogP contribution in [-0.2, 0) is 9.53 Å². The van der Waals surface area contributed by atoms with E-state index in [1.807, 2.05) is 29.1 Å². The summed E-state index contributed by atoms with van der Waals surface area (Å²) in [7, 11) is 0. The van der Waals surface area contributed by atoms with Crippen molar-refractivity contribution in [1.82, 2.24) is 4.57 Å². The van der Waals surface area contributed by atoms with Crippen molar-refractivity contribution < 1.29 is 14.3 Å². The Bertz CT molecular complexity index is 573. The van der Waals surface area contributed by atoms with E-state index in [9.17, 15) is 9.59 Å². The van der Waals surface area contributed by atoms with Gasteiger partial charge in [-0.3, -0.25) is 4.79 Å². The second kappa shape index (κ2) is 5.39. The van der Waals surface area contributed by atoms with Crippen LogP contribution in [0.4, 0.5) is 0 Å². The number of aromatic nitrogens is 1. The van der Waals surface area contributed by atoms with Crippen molar-refractivity contribution in [2.45, 2.75) is 13.0 Å². The molecule has 1 amide bonds. The number of hydrogen-bond donors (Lipinski definition) is 1. The molecular weight excluding hydrogens is 244 g/mol. The van der Waals surface area contributed by atoms with Crippen molar-refractivity contribution >= 4 is 11.9 Å². The number of primary amides is 1. The van der Waals surface area contributed by atoms with E-state index in [4.69, 9.17) is 10.5 Å². The van der Waals surface area contributed by atoms with Crippen LogP contribution in [0.3, 0.4) is 0 Å². The van der Waals surface area contributed by atoms with Gasteiger partial charge in [0.1, 0.15) is 0 Å². The summed E-state index contributed by atoms with van der Waals surface area (Å²) >= 11 is 0. The highest BCUT2D eigenvalue weighted by atomic mass is 16.5. The van der Waals surface area contributed by atoms with Crippen molar-refractivity contribution in [2.24, 2.45) is 5.73 Å². The fraction of sp³-hybridized carbons (Fsp3) is 0.143. The van der Waals surface area contributed by atoms with E-state index in [0.717, 1.165) is 5.69 Å². The Morgan fingerprint density at radius 2 is 1.74 bits per heavy atom. The van der Waals surface area contributed by atoms with Gasteiger partial charge < -0.3 is 15.0 Å². The molecule has 0 aliphatic carbocycles. The number of hydrogen-bond acceptors (Lipinski definition) is 3. The van der Waals surface area contributed by atoms with Crippen LogP contribution in [0.2, 0.25) is 0 Å². The van der Waals surface area contributed by atoms with Crippen LogP contribution in [0.15, 0.2) is 48.8 Å². The predicted molar refractivity (Wildman–Crippen MR) is 69.8 cm³/mol. The Morgan fingerprint density at radius 3 is 2.26 bits per heavy atom. The fourth-order valence-corrected chi connectivity index (χ4v) is 1.56. The van der Waals surface area contributed by atoms with Gasteiger partial charge in [-0.05, 0) is 43.3 Å². The molecule has 5 heteroatoms. The van der Waals surface area contributed by atoms with Crippen LogP contribution in [-0.4, -0.2) is 22.5 Å². The second-order valence-corrected chi connectivity index (χ2v) is 4.09. The minimum Gasteiger partial charge on any atom is -0.449 e. The number of esters is 1. The van der Waals surface area contributed by atoms with Crippen LogP contribution >= 0.6 is 0 Å². The predicted octanol–water partition coefficient (Wildman–Crippen LogP) is 1.51. The molecule has 1 unspecified atom stereocenters. The smallest absolute Gasteiger partial charge is 0.338 e. The normalized spacial score (nSPS) is 11.8. The first-order valence-electron chi connectivity index (χ1n) is 5.81. The first-order valence-corrected chi connectivity index (χ1v) is 5.81. The van der Waals surface area contributed by atoms with Gasteiger partial charge in [0.25, 0.3) is 5.91 Å². The molecule has 5 nitrogen and oxygen atoms in total. The maximum absolute atomic E-state index is 11.7. The van der Waals surface area contributed by atoms with Crippen molar-refractivity contribution in [2.75, 3.05) is 0 Å². The van der Waals surface area contributed by atoms with E-state index < -0.39 is 18.0 Å². The first kappa shape index (κ1) is 12.9. The average molecular weight is 258 g/mol. The summed E-state index contributed by atoms with van der Waals surface area (Å²) in [5.74, 6) is -1.23. The number of nitrogens with zero attached hydrogens (tertiary/aromatic N) is 1. The number of amides is 1. The minimum absolute atomic E-state index is 0.379. The zero-order valence-corrected chi connectivity index (χ0v) is 10.4. The number of nitrogens with two attached hydrogens (primary N) is 1. The zero-order valence-electron chi connectivity index (χ0n) is 10.4. The van der Waals surface area contributed by atoms with Crippen molar-refractivity contribution in [3.63, 3.8) is 0 Å². The summed E-state index contributed by atoms with van der Waals surface area (Å²) in [6.45, 7) is 1.44. The highest BCUT2D eigenvalue weighted by molar-refractivity contribution is 5.92. The molecule has 0 radical (unpaired) electrons. The minimum atomic E-state index is -0.934. The molecule has 19 heavy (non-hydrogen) atoms. The standard InChI is InChI=1S/C14H14N2O3/c1-10(13(15)17)19-14(18)11-4-6-12(7-5-11)16-8-2-3-9-16/h2-10H,1H3,(H2,15,17). The maximum atomic E-state index is 11.7. The fourth-order valence-electron chi connectivity index (χ4n) is 1.56. The van der Waals surface area contributed by atoms with E-state index in [0.29, 0.717) is 5.56 Å². The van der Waals surface area contributed by atoms with E-state index in [-0.39, 0.29) is 0 Å². The van der Waals surface area contributed by atoms with E-state index >= 15 is 0 Å². The molecule has 1 aromatic carbocycles. The average Bonchev–Trinajstić information content (AvgIpc) is 2.92. The monoisotopic (exact) mass is 258 g/mol. The lowest BCUT2D eigenvalue weighted by Crippen LogP contribution is -2.30. The quantitative estimate of drug-likeness (QED) is 0.845.